The molecule has 6 heteroatoms. The van der Waals surface area contributed by atoms with Gasteiger partial charge in [-0.3, -0.25) is 10.1 Å². The average molecular weight is 206 g/mol. The predicted octanol–water partition coefficient (Wildman–Crippen LogP) is 2.40. The zero-order valence-electron chi connectivity index (χ0n) is 6.58. The van der Waals surface area contributed by atoms with Crippen LogP contribution in [-0.2, 0) is 0 Å². The zero-order chi connectivity index (χ0) is 10.0. The Hall–Kier alpha value is -1.36. The normalized spacial score (nSPS) is 9.77. The third kappa shape index (κ3) is 1.86. The number of nitrogens with zero attached hydrogens (tertiary/aromatic N) is 1. The maximum absolute atomic E-state index is 12.9. The number of hydrogen-bond donors (Lipinski definition) is 0. The fourth-order valence-corrected chi connectivity index (χ4v) is 1.03. The molecule has 13 heavy (non-hydrogen) atoms. The SMILES string of the molecule is COc1cc([N+](=O)[O-])c(Cl)cc1F. The molecule has 1 rings (SSSR count). The molecule has 0 radical (unpaired) electrons. The summed E-state index contributed by atoms with van der Waals surface area (Å²) in [5.41, 5.74) is -0.375. The summed E-state index contributed by atoms with van der Waals surface area (Å²) in [5.74, 6) is -0.922. The maximum Gasteiger partial charge on any atom is 0.291 e. The van der Waals surface area contributed by atoms with Crippen LogP contribution in [-0.4, -0.2) is 12.0 Å². The van der Waals surface area contributed by atoms with Gasteiger partial charge in [-0.2, -0.15) is 0 Å². The van der Waals surface area contributed by atoms with Crippen LogP contribution in [0.2, 0.25) is 5.02 Å². The minimum atomic E-state index is -0.724. The largest absolute Gasteiger partial charge is 0.493 e. The molecule has 4 nitrogen and oxygen atoms in total. The number of nitro benzene ring substituents is 1. The maximum atomic E-state index is 12.9. The lowest BCUT2D eigenvalue weighted by Crippen LogP contribution is -1.93. The van der Waals surface area contributed by atoms with Gasteiger partial charge < -0.3 is 4.74 Å². The molecule has 1 aromatic carbocycles. The van der Waals surface area contributed by atoms with Crippen LogP contribution in [0.25, 0.3) is 0 Å². The smallest absolute Gasteiger partial charge is 0.291 e. The van der Waals surface area contributed by atoms with Gasteiger partial charge in [-0.15, -0.1) is 0 Å². The van der Waals surface area contributed by atoms with Gasteiger partial charge in [-0.25, -0.2) is 4.39 Å². The van der Waals surface area contributed by atoms with Crippen molar-refractivity contribution in [3.8, 4) is 5.75 Å². The first-order valence-electron chi connectivity index (χ1n) is 3.23. The molecule has 70 valence electrons. The second-order valence-electron chi connectivity index (χ2n) is 2.20. The lowest BCUT2D eigenvalue weighted by molar-refractivity contribution is -0.384. The molecule has 0 aliphatic heterocycles. The molecule has 0 N–H and O–H groups in total. The van der Waals surface area contributed by atoms with Crippen molar-refractivity contribution < 1.29 is 14.1 Å². The van der Waals surface area contributed by atoms with E-state index >= 15 is 0 Å². The van der Waals surface area contributed by atoms with Crippen molar-refractivity contribution in [2.45, 2.75) is 0 Å². The van der Waals surface area contributed by atoms with Crippen molar-refractivity contribution in [2.24, 2.45) is 0 Å². The Morgan fingerprint density at radius 1 is 1.62 bits per heavy atom. The van der Waals surface area contributed by atoms with Crippen molar-refractivity contribution in [1.29, 1.82) is 0 Å². The van der Waals surface area contributed by atoms with Crippen molar-refractivity contribution in [1.82, 2.24) is 0 Å². The van der Waals surface area contributed by atoms with Gasteiger partial charge >= 0.3 is 0 Å². The van der Waals surface area contributed by atoms with Gasteiger partial charge in [0.1, 0.15) is 5.02 Å². The number of methoxy groups -OCH3 is 1. The minimum absolute atomic E-state index is 0.198. The highest BCUT2D eigenvalue weighted by atomic mass is 35.5. The van der Waals surface area contributed by atoms with Gasteiger partial charge in [0.25, 0.3) is 5.69 Å². The number of rotatable bonds is 2. The Balaban J connectivity index is 3.30. The van der Waals surface area contributed by atoms with Crippen LogP contribution in [0.3, 0.4) is 0 Å². The number of benzene rings is 1. The Kier molecular flexibility index (Phi) is 2.67. The summed E-state index contributed by atoms with van der Waals surface area (Å²) < 4.78 is 17.4. The van der Waals surface area contributed by atoms with Gasteiger partial charge in [-0.1, -0.05) is 11.6 Å². The average Bonchev–Trinajstić information content (AvgIpc) is 2.03. The third-order valence-corrected chi connectivity index (χ3v) is 1.72. The third-order valence-electron chi connectivity index (χ3n) is 1.42. The summed E-state index contributed by atoms with van der Waals surface area (Å²) >= 11 is 5.42. The zero-order valence-corrected chi connectivity index (χ0v) is 7.34. The molecule has 0 aliphatic rings. The summed E-state index contributed by atoms with van der Waals surface area (Å²) in [6.07, 6.45) is 0. The van der Waals surface area contributed by atoms with E-state index in [0.29, 0.717) is 0 Å². The Labute approximate surface area is 78.0 Å². The van der Waals surface area contributed by atoms with Crippen molar-refractivity contribution in [3.63, 3.8) is 0 Å². The molecule has 0 heterocycles. The molecule has 0 unspecified atom stereocenters. The Morgan fingerprint density at radius 2 is 2.23 bits per heavy atom. The van der Waals surface area contributed by atoms with E-state index in [9.17, 15) is 14.5 Å². The van der Waals surface area contributed by atoms with Crippen LogP contribution in [0.4, 0.5) is 10.1 Å². The van der Waals surface area contributed by atoms with E-state index in [1.54, 1.807) is 0 Å². The summed E-state index contributed by atoms with van der Waals surface area (Å²) in [7, 11) is 1.22. The van der Waals surface area contributed by atoms with Gasteiger partial charge in [-0.05, 0) is 0 Å². The highest BCUT2D eigenvalue weighted by Crippen LogP contribution is 2.30. The van der Waals surface area contributed by atoms with E-state index in [1.807, 2.05) is 0 Å². The first-order valence-corrected chi connectivity index (χ1v) is 3.61. The Bertz CT molecular complexity index is 356. The van der Waals surface area contributed by atoms with Gasteiger partial charge in [0.2, 0.25) is 0 Å². The van der Waals surface area contributed by atoms with Crippen LogP contribution in [0, 0.1) is 15.9 Å². The fraction of sp³-hybridized carbons (Fsp3) is 0.143. The lowest BCUT2D eigenvalue weighted by Gasteiger charge is -2.01. The van der Waals surface area contributed by atoms with Crippen molar-refractivity contribution in [3.05, 3.63) is 33.1 Å². The quantitative estimate of drug-likeness (QED) is 0.550. The van der Waals surface area contributed by atoms with Gasteiger partial charge in [0, 0.05) is 6.07 Å². The van der Waals surface area contributed by atoms with Crippen molar-refractivity contribution >= 4 is 17.3 Å². The fourth-order valence-electron chi connectivity index (χ4n) is 0.815. The predicted molar refractivity (Wildman–Crippen MR) is 44.6 cm³/mol. The number of ether oxygens (including phenoxy) is 1. The molecule has 0 saturated heterocycles. The highest BCUT2D eigenvalue weighted by Gasteiger charge is 2.16. The van der Waals surface area contributed by atoms with Crippen LogP contribution in [0.1, 0.15) is 0 Å². The molecule has 0 saturated carbocycles. The summed E-state index contributed by atoms with van der Waals surface area (Å²) in [5, 5.41) is 10.1. The van der Waals surface area contributed by atoms with E-state index in [1.165, 1.54) is 7.11 Å². The van der Waals surface area contributed by atoms with Crippen LogP contribution < -0.4 is 4.74 Å². The molecule has 0 bridgehead atoms. The van der Waals surface area contributed by atoms with E-state index in [2.05, 4.69) is 4.74 Å². The van der Waals surface area contributed by atoms with Crippen LogP contribution in [0.5, 0.6) is 5.75 Å². The highest BCUT2D eigenvalue weighted by molar-refractivity contribution is 6.32. The second-order valence-corrected chi connectivity index (χ2v) is 2.60. The molecular formula is C7H5ClFNO3. The monoisotopic (exact) mass is 205 g/mol. The number of hydrogen-bond acceptors (Lipinski definition) is 3. The van der Waals surface area contributed by atoms with Gasteiger partial charge in [0.05, 0.1) is 18.1 Å². The summed E-state index contributed by atoms with van der Waals surface area (Å²) in [4.78, 5) is 9.64. The molecular weight excluding hydrogens is 201 g/mol. The molecule has 0 atom stereocenters. The van der Waals surface area contributed by atoms with Crippen LogP contribution in [0.15, 0.2) is 12.1 Å². The molecule has 0 spiro atoms. The van der Waals surface area contributed by atoms with E-state index < -0.39 is 10.7 Å². The molecule has 1 aromatic rings. The summed E-state index contributed by atoms with van der Waals surface area (Å²) in [6, 6.07) is 1.79. The van der Waals surface area contributed by atoms with E-state index in [4.69, 9.17) is 11.6 Å². The second kappa shape index (κ2) is 3.57. The number of halogens is 2. The minimum Gasteiger partial charge on any atom is -0.493 e. The lowest BCUT2D eigenvalue weighted by atomic mass is 10.3. The van der Waals surface area contributed by atoms with E-state index in [-0.39, 0.29) is 16.5 Å². The first kappa shape index (κ1) is 9.73. The Morgan fingerprint density at radius 3 is 2.69 bits per heavy atom. The summed E-state index contributed by atoms with van der Waals surface area (Å²) in [6.45, 7) is 0. The molecule has 0 fully saturated rings. The molecule has 0 aromatic heterocycles. The van der Waals surface area contributed by atoms with E-state index in [0.717, 1.165) is 12.1 Å². The van der Waals surface area contributed by atoms with Gasteiger partial charge in [0.15, 0.2) is 11.6 Å². The molecule has 0 amide bonds. The number of nitro groups is 1. The molecule has 0 aliphatic carbocycles. The van der Waals surface area contributed by atoms with Crippen LogP contribution >= 0.6 is 11.6 Å². The van der Waals surface area contributed by atoms with Crippen molar-refractivity contribution in [2.75, 3.05) is 7.11 Å². The topological polar surface area (TPSA) is 52.4 Å². The first-order chi connectivity index (χ1) is 6.06. The standard InChI is InChI=1S/C7H5ClFNO3/c1-13-7-3-6(10(11)12)4(8)2-5(7)9/h2-3H,1H3.